The minimum Gasteiger partial charge on any atom is -0.481 e. The highest BCUT2D eigenvalue weighted by atomic mass is 35.5. The number of nitrogens with zero attached hydrogens (tertiary/aromatic N) is 1. The highest BCUT2D eigenvalue weighted by Crippen LogP contribution is 2.22. The summed E-state index contributed by atoms with van der Waals surface area (Å²) in [5.41, 5.74) is 0.954. The Hall–Kier alpha value is -1.22. The van der Waals surface area contributed by atoms with Crippen molar-refractivity contribution in [1.29, 1.82) is 0 Å². The summed E-state index contributed by atoms with van der Waals surface area (Å²) >= 11 is 5.95. The highest BCUT2D eigenvalue weighted by molar-refractivity contribution is 6.31. The van der Waals surface area contributed by atoms with Crippen LogP contribution in [0.25, 0.3) is 0 Å². The van der Waals surface area contributed by atoms with Gasteiger partial charge in [0.1, 0.15) is 5.75 Å². The van der Waals surface area contributed by atoms with Gasteiger partial charge < -0.3 is 9.64 Å². The first-order valence-corrected chi connectivity index (χ1v) is 6.67. The Morgan fingerprint density at radius 3 is 2.67 bits per heavy atom. The van der Waals surface area contributed by atoms with E-state index in [1.807, 2.05) is 17.9 Å². The summed E-state index contributed by atoms with van der Waals surface area (Å²) in [6.45, 7) is 5.42. The summed E-state index contributed by atoms with van der Waals surface area (Å²) in [7, 11) is 0. The SMILES string of the molecule is Cc1cc(O[C@@H](C)C(=O)N2CCCC2)ccc1Cl. The molecule has 1 saturated heterocycles. The molecule has 1 aliphatic heterocycles. The summed E-state index contributed by atoms with van der Waals surface area (Å²) in [5.74, 6) is 0.761. The number of hydrogen-bond donors (Lipinski definition) is 0. The van der Waals surface area contributed by atoms with Gasteiger partial charge in [-0.3, -0.25) is 4.79 Å². The standard InChI is InChI=1S/C14H18ClNO2/c1-10-9-12(5-6-13(10)15)18-11(2)14(17)16-7-3-4-8-16/h5-6,9,11H,3-4,7-8H2,1-2H3/t11-/m0/s1. The lowest BCUT2D eigenvalue weighted by Crippen LogP contribution is -2.38. The van der Waals surface area contributed by atoms with Crippen LogP contribution in [0.5, 0.6) is 5.75 Å². The van der Waals surface area contributed by atoms with Gasteiger partial charge in [0.25, 0.3) is 5.91 Å². The molecule has 1 amide bonds. The molecule has 0 bridgehead atoms. The van der Waals surface area contributed by atoms with Gasteiger partial charge in [0.15, 0.2) is 6.10 Å². The molecular weight excluding hydrogens is 250 g/mol. The maximum absolute atomic E-state index is 12.1. The predicted molar refractivity (Wildman–Crippen MR) is 72.1 cm³/mol. The molecule has 0 N–H and O–H groups in total. The van der Waals surface area contributed by atoms with Crippen LogP contribution in [0.1, 0.15) is 25.3 Å². The van der Waals surface area contributed by atoms with Crippen molar-refractivity contribution in [3.8, 4) is 5.75 Å². The van der Waals surface area contributed by atoms with Crippen LogP contribution in [0.4, 0.5) is 0 Å². The fraction of sp³-hybridized carbons (Fsp3) is 0.500. The molecule has 3 nitrogen and oxygen atoms in total. The Kier molecular flexibility index (Phi) is 4.12. The zero-order valence-electron chi connectivity index (χ0n) is 10.8. The van der Waals surface area contributed by atoms with Gasteiger partial charge in [-0.1, -0.05) is 11.6 Å². The fourth-order valence-electron chi connectivity index (χ4n) is 2.14. The lowest BCUT2D eigenvalue weighted by atomic mass is 10.2. The van der Waals surface area contributed by atoms with Crippen LogP contribution in [0.3, 0.4) is 0 Å². The van der Waals surface area contributed by atoms with Crippen LogP contribution < -0.4 is 4.74 Å². The van der Waals surface area contributed by atoms with Crippen molar-refractivity contribution in [2.24, 2.45) is 0 Å². The molecule has 1 aliphatic rings. The molecule has 0 radical (unpaired) electrons. The van der Waals surface area contributed by atoms with Crippen molar-refractivity contribution in [3.63, 3.8) is 0 Å². The van der Waals surface area contributed by atoms with Gasteiger partial charge in [0.2, 0.25) is 0 Å². The summed E-state index contributed by atoms with van der Waals surface area (Å²) in [4.78, 5) is 13.9. The molecule has 18 heavy (non-hydrogen) atoms. The van der Waals surface area contributed by atoms with Crippen LogP contribution in [0.2, 0.25) is 5.02 Å². The van der Waals surface area contributed by atoms with Crippen molar-refractivity contribution in [1.82, 2.24) is 4.90 Å². The Morgan fingerprint density at radius 2 is 2.06 bits per heavy atom. The van der Waals surface area contributed by atoms with E-state index in [-0.39, 0.29) is 5.91 Å². The van der Waals surface area contributed by atoms with Crippen molar-refractivity contribution in [2.75, 3.05) is 13.1 Å². The zero-order valence-corrected chi connectivity index (χ0v) is 11.5. The molecule has 0 aromatic heterocycles. The van der Waals surface area contributed by atoms with Crippen molar-refractivity contribution >= 4 is 17.5 Å². The first kappa shape index (κ1) is 13.2. The molecule has 0 unspecified atom stereocenters. The minimum absolute atomic E-state index is 0.0695. The van der Waals surface area contributed by atoms with Crippen LogP contribution in [0, 0.1) is 6.92 Å². The second kappa shape index (κ2) is 5.61. The number of likely N-dealkylation sites (tertiary alicyclic amines) is 1. The maximum Gasteiger partial charge on any atom is 0.263 e. The van der Waals surface area contributed by atoms with Crippen molar-refractivity contribution in [2.45, 2.75) is 32.8 Å². The molecular formula is C14H18ClNO2. The molecule has 1 aromatic rings. The molecule has 1 fully saturated rings. The van der Waals surface area contributed by atoms with Gasteiger partial charge in [-0.2, -0.15) is 0 Å². The molecule has 98 valence electrons. The van der Waals surface area contributed by atoms with Gasteiger partial charge >= 0.3 is 0 Å². The Morgan fingerprint density at radius 1 is 1.39 bits per heavy atom. The first-order valence-electron chi connectivity index (χ1n) is 6.29. The Bertz CT molecular complexity index is 441. The maximum atomic E-state index is 12.1. The predicted octanol–water partition coefficient (Wildman–Crippen LogP) is 3.04. The second-order valence-electron chi connectivity index (χ2n) is 4.70. The lowest BCUT2D eigenvalue weighted by molar-refractivity contribution is -0.136. The molecule has 0 aliphatic carbocycles. The van der Waals surface area contributed by atoms with Crippen LogP contribution in [-0.4, -0.2) is 30.0 Å². The largest absolute Gasteiger partial charge is 0.481 e. The third-order valence-electron chi connectivity index (χ3n) is 3.21. The molecule has 0 saturated carbocycles. The van der Waals surface area contributed by atoms with E-state index < -0.39 is 6.10 Å². The number of ether oxygens (including phenoxy) is 1. The molecule has 1 aromatic carbocycles. The van der Waals surface area contributed by atoms with E-state index in [0.717, 1.165) is 31.5 Å². The summed E-state index contributed by atoms with van der Waals surface area (Å²) in [6, 6.07) is 5.44. The zero-order chi connectivity index (χ0) is 13.1. The topological polar surface area (TPSA) is 29.5 Å². The number of benzene rings is 1. The quantitative estimate of drug-likeness (QED) is 0.842. The smallest absolute Gasteiger partial charge is 0.263 e. The van der Waals surface area contributed by atoms with Crippen LogP contribution >= 0.6 is 11.6 Å². The second-order valence-corrected chi connectivity index (χ2v) is 5.11. The van der Waals surface area contributed by atoms with Crippen molar-refractivity contribution in [3.05, 3.63) is 28.8 Å². The van der Waals surface area contributed by atoms with E-state index in [9.17, 15) is 4.79 Å². The number of carbonyl (C=O) groups is 1. The molecule has 0 spiro atoms. The lowest BCUT2D eigenvalue weighted by Gasteiger charge is -2.21. The number of hydrogen-bond acceptors (Lipinski definition) is 2. The van der Waals surface area contributed by atoms with E-state index in [4.69, 9.17) is 16.3 Å². The molecule has 4 heteroatoms. The summed E-state index contributed by atoms with van der Waals surface area (Å²) in [5, 5.41) is 0.709. The normalized spacial score (nSPS) is 16.7. The molecule has 1 heterocycles. The van der Waals surface area contributed by atoms with Gasteiger partial charge in [-0.25, -0.2) is 0 Å². The van der Waals surface area contributed by atoms with E-state index in [2.05, 4.69) is 0 Å². The average Bonchev–Trinajstić information content (AvgIpc) is 2.86. The number of halogens is 1. The number of aryl methyl sites for hydroxylation is 1. The monoisotopic (exact) mass is 267 g/mol. The van der Waals surface area contributed by atoms with Crippen LogP contribution in [0.15, 0.2) is 18.2 Å². The fourth-order valence-corrected chi connectivity index (χ4v) is 2.26. The number of amides is 1. The molecule has 1 atom stereocenters. The third kappa shape index (κ3) is 2.96. The molecule has 2 rings (SSSR count). The van der Waals surface area contributed by atoms with Gasteiger partial charge in [0, 0.05) is 18.1 Å². The van der Waals surface area contributed by atoms with Crippen molar-refractivity contribution < 1.29 is 9.53 Å². The van der Waals surface area contributed by atoms with Gasteiger partial charge in [0.05, 0.1) is 0 Å². The van der Waals surface area contributed by atoms with E-state index >= 15 is 0 Å². The summed E-state index contributed by atoms with van der Waals surface area (Å²) in [6.07, 6.45) is 1.75. The average molecular weight is 268 g/mol. The van der Waals surface area contributed by atoms with Crippen LogP contribution in [-0.2, 0) is 4.79 Å². The van der Waals surface area contributed by atoms with Gasteiger partial charge in [-0.15, -0.1) is 0 Å². The first-order chi connectivity index (χ1) is 8.58. The van der Waals surface area contributed by atoms with E-state index in [1.165, 1.54) is 0 Å². The third-order valence-corrected chi connectivity index (χ3v) is 3.63. The van der Waals surface area contributed by atoms with E-state index in [1.54, 1.807) is 19.1 Å². The Labute approximate surface area is 113 Å². The van der Waals surface area contributed by atoms with E-state index in [0.29, 0.717) is 10.8 Å². The summed E-state index contributed by atoms with van der Waals surface area (Å²) < 4.78 is 5.67. The van der Waals surface area contributed by atoms with Gasteiger partial charge in [-0.05, 0) is 50.5 Å². The number of rotatable bonds is 3. The Balaban J connectivity index is 1.99. The number of carbonyl (C=O) groups excluding carboxylic acids is 1. The highest BCUT2D eigenvalue weighted by Gasteiger charge is 2.24. The minimum atomic E-state index is -0.441.